The van der Waals surface area contributed by atoms with E-state index in [4.69, 9.17) is 4.42 Å². The third-order valence-corrected chi connectivity index (χ3v) is 4.60. The molecule has 6 nitrogen and oxygen atoms in total. The normalized spacial score (nSPS) is 15.9. The summed E-state index contributed by atoms with van der Waals surface area (Å²) in [6, 6.07) is 1.94. The summed E-state index contributed by atoms with van der Waals surface area (Å²) in [7, 11) is -3.35. The van der Waals surface area contributed by atoms with Crippen LogP contribution in [0.2, 0.25) is 0 Å². The second-order valence-corrected chi connectivity index (χ2v) is 7.91. The number of sulfone groups is 1. The van der Waals surface area contributed by atoms with Crippen LogP contribution in [0, 0.1) is 0 Å². The van der Waals surface area contributed by atoms with Gasteiger partial charge >= 0.3 is 0 Å². The molecule has 3 rings (SSSR count). The molecule has 0 amide bonds. The van der Waals surface area contributed by atoms with Gasteiger partial charge in [-0.25, -0.2) is 18.4 Å². The first kappa shape index (κ1) is 14.7. The Hall–Kier alpha value is -1.25. The van der Waals surface area contributed by atoms with Gasteiger partial charge < -0.3 is 4.42 Å². The van der Waals surface area contributed by atoms with Gasteiger partial charge in [0.2, 0.25) is 15.0 Å². The zero-order chi connectivity index (χ0) is 15.0. The average Bonchev–Trinajstić information content (AvgIpc) is 2.82. The summed E-state index contributed by atoms with van der Waals surface area (Å²) in [5.41, 5.74) is 1.79. The van der Waals surface area contributed by atoms with Crippen LogP contribution in [0.25, 0.3) is 0 Å². The molecule has 0 aromatic carbocycles. The fraction of sp³-hybridized carbons (Fsp3) is 0.385. The minimum atomic E-state index is -3.35. The van der Waals surface area contributed by atoms with E-state index in [2.05, 4.69) is 30.8 Å². The Morgan fingerprint density at radius 1 is 1.48 bits per heavy atom. The van der Waals surface area contributed by atoms with Crippen molar-refractivity contribution in [2.45, 2.75) is 24.7 Å². The largest absolute Gasteiger partial charge is 0.467 e. The van der Waals surface area contributed by atoms with Gasteiger partial charge in [-0.05, 0) is 22.0 Å². The smallest absolute Gasteiger partial charge is 0.246 e. The van der Waals surface area contributed by atoms with Crippen molar-refractivity contribution in [3.8, 4) is 0 Å². The highest BCUT2D eigenvalue weighted by Crippen LogP contribution is 2.21. The van der Waals surface area contributed by atoms with Crippen molar-refractivity contribution in [3.63, 3.8) is 0 Å². The van der Waals surface area contributed by atoms with E-state index >= 15 is 0 Å². The summed E-state index contributed by atoms with van der Waals surface area (Å²) in [6.07, 6.45) is 5.11. The van der Waals surface area contributed by atoms with E-state index in [1.807, 2.05) is 6.07 Å². The Kier molecular flexibility index (Phi) is 3.85. The minimum Gasteiger partial charge on any atom is -0.467 e. The first-order chi connectivity index (χ1) is 9.91. The van der Waals surface area contributed by atoms with E-state index in [0.29, 0.717) is 19.5 Å². The maximum absolute atomic E-state index is 11.5. The first-order valence-corrected chi connectivity index (χ1v) is 9.10. The molecule has 0 radical (unpaired) electrons. The number of halogens is 1. The van der Waals surface area contributed by atoms with Crippen molar-refractivity contribution in [1.29, 1.82) is 0 Å². The number of furan rings is 1. The molecular weight excluding hydrogens is 358 g/mol. The van der Waals surface area contributed by atoms with E-state index in [0.717, 1.165) is 34.3 Å². The van der Waals surface area contributed by atoms with Crippen LogP contribution in [-0.4, -0.2) is 36.1 Å². The van der Waals surface area contributed by atoms with Crippen molar-refractivity contribution in [1.82, 2.24) is 14.9 Å². The SMILES string of the molecule is CS(=O)(=O)c1ncc2c(n1)CCN(Cc1cc(Br)co1)C2. The monoisotopic (exact) mass is 371 g/mol. The van der Waals surface area contributed by atoms with Crippen LogP contribution in [0.1, 0.15) is 17.0 Å². The topological polar surface area (TPSA) is 76.3 Å². The van der Waals surface area contributed by atoms with Crippen molar-refractivity contribution in [2.75, 3.05) is 12.8 Å². The molecule has 0 fully saturated rings. The number of aromatic nitrogens is 2. The molecule has 112 valence electrons. The standard InChI is InChI=1S/C13H14BrN3O3S/c1-21(18,19)13-15-5-9-6-17(3-2-12(9)16-13)7-11-4-10(14)8-20-11/h4-5,8H,2-3,6-7H2,1H3. The highest BCUT2D eigenvalue weighted by Gasteiger charge is 2.21. The van der Waals surface area contributed by atoms with Crippen LogP contribution in [0.4, 0.5) is 0 Å². The molecule has 8 heteroatoms. The Morgan fingerprint density at radius 3 is 2.95 bits per heavy atom. The molecule has 0 aliphatic carbocycles. The van der Waals surface area contributed by atoms with Crippen LogP contribution < -0.4 is 0 Å². The fourth-order valence-corrected chi connectivity index (χ4v) is 3.20. The third-order valence-electron chi connectivity index (χ3n) is 3.32. The van der Waals surface area contributed by atoms with Gasteiger partial charge in [-0.15, -0.1) is 0 Å². The van der Waals surface area contributed by atoms with Crippen LogP contribution in [-0.2, 0) is 29.3 Å². The second kappa shape index (κ2) is 5.51. The van der Waals surface area contributed by atoms with Gasteiger partial charge in [-0.3, -0.25) is 4.90 Å². The van der Waals surface area contributed by atoms with E-state index in [1.165, 1.54) is 0 Å². The van der Waals surface area contributed by atoms with Crippen molar-refractivity contribution in [3.05, 3.63) is 40.0 Å². The van der Waals surface area contributed by atoms with Crippen LogP contribution in [0.3, 0.4) is 0 Å². The number of nitrogens with zero attached hydrogens (tertiary/aromatic N) is 3. The Bertz CT molecular complexity index is 773. The van der Waals surface area contributed by atoms with Gasteiger partial charge in [0.25, 0.3) is 0 Å². The quantitative estimate of drug-likeness (QED) is 0.765. The molecule has 2 aromatic heterocycles. The molecule has 0 saturated carbocycles. The molecule has 3 heterocycles. The highest BCUT2D eigenvalue weighted by atomic mass is 79.9. The van der Waals surface area contributed by atoms with Crippen molar-refractivity contribution < 1.29 is 12.8 Å². The molecule has 2 aromatic rings. The summed E-state index contributed by atoms with van der Waals surface area (Å²) in [5.74, 6) is 0.888. The highest BCUT2D eigenvalue weighted by molar-refractivity contribution is 9.10. The van der Waals surface area contributed by atoms with Crippen LogP contribution >= 0.6 is 15.9 Å². The predicted octanol–water partition coefficient (Wildman–Crippen LogP) is 1.79. The molecule has 1 aliphatic heterocycles. The lowest BCUT2D eigenvalue weighted by Crippen LogP contribution is -2.31. The van der Waals surface area contributed by atoms with Gasteiger partial charge in [0.05, 0.1) is 16.7 Å². The lowest BCUT2D eigenvalue weighted by atomic mass is 10.1. The van der Waals surface area contributed by atoms with Crippen LogP contribution in [0.15, 0.2) is 32.6 Å². The minimum absolute atomic E-state index is 0.0929. The number of hydrogen-bond acceptors (Lipinski definition) is 6. The maximum atomic E-state index is 11.5. The molecule has 0 spiro atoms. The summed E-state index contributed by atoms with van der Waals surface area (Å²) in [4.78, 5) is 10.3. The zero-order valence-electron chi connectivity index (χ0n) is 11.4. The number of hydrogen-bond donors (Lipinski definition) is 0. The zero-order valence-corrected chi connectivity index (χ0v) is 13.8. The molecule has 0 N–H and O–H groups in total. The van der Waals surface area contributed by atoms with Gasteiger partial charge in [0.15, 0.2) is 0 Å². The summed E-state index contributed by atoms with van der Waals surface area (Å²) < 4.78 is 29.3. The number of rotatable bonds is 3. The third kappa shape index (κ3) is 3.33. The molecule has 21 heavy (non-hydrogen) atoms. The molecule has 1 aliphatic rings. The Balaban J connectivity index is 1.77. The van der Waals surface area contributed by atoms with Gasteiger partial charge in [-0.2, -0.15) is 0 Å². The lowest BCUT2D eigenvalue weighted by Gasteiger charge is -2.27. The molecule has 0 bridgehead atoms. The predicted molar refractivity (Wildman–Crippen MR) is 79.4 cm³/mol. The summed E-state index contributed by atoms with van der Waals surface area (Å²) in [5, 5.41) is -0.0929. The van der Waals surface area contributed by atoms with E-state index in [1.54, 1.807) is 12.5 Å². The molecule has 0 saturated heterocycles. The maximum Gasteiger partial charge on any atom is 0.246 e. The molecule has 0 unspecified atom stereocenters. The summed E-state index contributed by atoms with van der Waals surface area (Å²) >= 11 is 3.36. The first-order valence-electron chi connectivity index (χ1n) is 6.42. The second-order valence-electron chi connectivity index (χ2n) is 5.09. The molecular formula is C13H14BrN3O3S. The van der Waals surface area contributed by atoms with Crippen LogP contribution in [0.5, 0.6) is 0 Å². The van der Waals surface area contributed by atoms with E-state index < -0.39 is 9.84 Å². The Morgan fingerprint density at radius 2 is 2.29 bits per heavy atom. The van der Waals surface area contributed by atoms with Gasteiger partial charge in [0.1, 0.15) is 12.0 Å². The average molecular weight is 372 g/mol. The van der Waals surface area contributed by atoms with E-state index in [-0.39, 0.29) is 5.16 Å². The van der Waals surface area contributed by atoms with Crippen molar-refractivity contribution >= 4 is 25.8 Å². The van der Waals surface area contributed by atoms with E-state index in [9.17, 15) is 8.42 Å². The number of fused-ring (bicyclic) bond motifs is 1. The Labute approximate surface area is 131 Å². The van der Waals surface area contributed by atoms with Gasteiger partial charge in [-0.1, -0.05) is 0 Å². The van der Waals surface area contributed by atoms with Gasteiger partial charge in [0, 0.05) is 37.5 Å². The summed E-state index contributed by atoms with van der Waals surface area (Å²) in [6.45, 7) is 2.21. The van der Waals surface area contributed by atoms with Crippen molar-refractivity contribution in [2.24, 2.45) is 0 Å². The molecule has 0 atom stereocenters. The lowest BCUT2D eigenvalue weighted by molar-refractivity contribution is 0.223. The fourth-order valence-electron chi connectivity index (χ4n) is 2.33.